The van der Waals surface area contributed by atoms with Gasteiger partial charge in [0, 0.05) is 11.1 Å². The smallest absolute Gasteiger partial charge is 0.126 e. The highest BCUT2D eigenvalue weighted by Gasteiger charge is 2.48. The highest BCUT2D eigenvalue weighted by molar-refractivity contribution is 6.94. The van der Waals surface area contributed by atoms with Crippen LogP contribution < -0.4 is 9.92 Å². The molecule has 0 heterocycles. The first kappa shape index (κ1) is 31.1. The topological polar surface area (TPSA) is 9.23 Å². The molecular weight excluding hydrogens is 537 g/mol. The van der Waals surface area contributed by atoms with Gasteiger partial charge in [-0.05, 0) is 68.0 Å². The van der Waals surface area contributed by atoms with Crippen molar-refractivity contribution in [3.05, 3.63) is 119 Å². The van der Waals surface area contributed by atoms with E-state index in [1.807, 2.05) is 6.08 Å². The largest absolute Gasteiger partial charge is 0.489 e. The molecule has 1 aliphatic carbocycles. The summed E-state index contributed by atoms with van der Waals surface area (Å²) in [5, 5.41) is 1.45. The Bertz CT molecular complexity index is 1560. The normalized spacial score (nSPS) is 13.5. The molecule has 0 atom stereocenters. The van der Waals surface area contributed by atoms with Crippen LogP contribution >= 0.6 is 0 Å². The summed E-state index contributed by atoms with van der Waals surface area (Å²) >= 11 is 0. The van der Waals surface area contributed by atoms with Crippen LogP contribution in [0.15, 0.2) is 91.5 Å². The molecule has 1 nitrogen and oxygen atoms in total. The van der Waals surface area contributed by atoms with Gasteiger partial charge in [0.1, 0.15) is 20.4 Å². The average molecular weight is 587 g/mol. The molecule has 0 amide bonds. The lowest BCUT2D eigenvalue weighted by atomic mass is 9.83. The summed E-state index contributed by atoms with van der Waals surface area (Å²) in [6.45, 7) is 25.6. The summed E-state index contributed by atoms with van der Waals surface area (Å²) in [6, 6.07) is 32.6. The molecular formula is C41H50OSi. The Morgan fingerprint density at radius 2 is 1.26 bits per heavy atom. The summed E-state index contributed by atoms with van der Waals surface area (Å²) < 4.78 is 6.72. The van der Waals surface area contributed by atoms with E-state index in [2.05, 4.69) is 148 Å². The van der Waals surface area contributed by atoms with Crippen molar-refractivity contribution >= 4 is 13.3 Å². The van der Waals surface area contributed by atoms with Gasteiger partial charge >= 0.3 is 0 Å². The summed E-state index contributed by atoms with van der Waals surface area (Å²) in [5.41, 5.74) is 12.9. The van der Waals surface area contributed by atoms with Crippen molar-refractivity contribution < 1.29 is 4.74 Å². The minimum absolute atomic E-state index is 0.0891. The van der Waals surface area contributed by atoms with Gasteiger partial charge in [-0.15, -0.1) is 0 Å². The lowest BCUT2D eigenvalue weighted by Crippen LogP contribution is -2.53. The average Bonchev–Trinajstić information content (AvgIpc) is 3.30. The summed E-state index contributed by atoms with van der Waals surface area (Å²) in [7, 11) is -2.27. The van der Waals surface area contributed by atoms with Crippen molar-refractivity contribution in [1.29, 1.82) is 0 Å². The van der Waals surface area contributed by atoms with Crippen LogP contribution in [-0.2, 0) is 10.8 Å². The van der Waals surface area contributed by atoms with Gasteiger partial charge in [0.15, 0.2) is 0 Å². The first-order valence-electron chi connectivity index (χ1n) is 16.1. The van der Waals surface area contributed by atoms with Gasteiger partial charge in [-0.2, -0.15) is 0 Å². The molecule has 2 heteroatoms. The minimum atomic E-state index is -2.27. The molecule has 0 spiro atoms. The number of benzene rings is 4. The van der Waals surface area contributed by atoms with Gasteiger partial charge in [0.05, 0.1) is 0 Å². The number of rotatable bonds is 8. The fourth-order valence-electron chi connectivity index (χ4n) is 7.25. The molecule has 4 aromatic carbocycles. The van der Waals surface area contributed by atoms with Crippen molar-refractivity contribution in [2.45, 2.75) is 90.8 Å². The van der Waals surface area contributed by atoms with Gasteiger partial charge in [-0.25, -0.2) is 0 Å². The van der Waals surface area contributed by atoms with Gasteiger partial charge < -0.3 is 4.74 Å². The standard InChI is InChI=1S/C41H50OSi/c1-11-23-42-38-34(29-17-15-14-16-18-29)24-28(4)25-37(38)43(12-2,13-3)39-32-21-19-30(40(5,6)7)26-35(32)36-27-31(41(8,9)10)20-22-33(36)39/h11,14-22,24-27,39H,1,12-13,23H2,2-10H3. The van der Waals surface area contributed by atoms with Gasteiger partial charge in [0.25, 0.3) is 0 Å². The molecule has 0 unspecified atom stereocenters. The molecule has 0 aliphatic heterocycles. The fraction of sp³-hybridized carbons (Fsp3) is 0.366. The molecule has 0 fully saturated rings. The molecule has 0 aromatic heterocycles. The second-order valence-corrected chi connectivity index (χ2v) is 19.4. The minimum Gasteiger partial charge on any atom is -0.489 e. The second kappa shape index (κ2) is 11.6. The predicted octanol–water partition coefficient (Wildman–Crippen LogP) is 10.9. The quantitative estimate of drug-likeness (QED) is 0.147. The summed E-state index contributed by atoms with van der Waals surface area (Å²) in [6.07, 6.45) is 1.88. The Kier molecular flexibility index (Phi) is 8.40. The third-order valence-electron chi connectivity index (χ3n) is 9.77. The molecule has 0 N–H and O–H groups in total. The van der Waals surface area contributed by atoms with Crippen LogP contribution in [0, 0.1) is 6.92 Å². The van der Waals surface area contributed by atoms with Crippen LogP contribution in [0.5, 0.6) is 5.75 Å². The fourth-order valence-corrected chi connectivity index (χ4v) is 12.5. The molecule has 1 aliphatic rings. The van der Waals surface area contributed by atoms with E-state index in [1.54, 1.807) is 0 Å². The van der Waals surface area contributed by atoms with Crippen molar-refractivity contribution in [3.63, 3.8) is 0 Å². The van der Waals surface area contributed by atoms with Crippen molar-refractivity contribution in [2.24, 2.45) is 0 Å². The van der Waals surface area contributed by atoms with E-state index in [0.29, 0.717) is 12.1 Å². The predicted molar refractivity (Wildman–Crippen MR) is 190 cm³/mol. The molecule has 43 heavy (non-hydrogen) atoms. The maximum absolute atomic E-state index is 6.72. The monoisotopic (exact) mass is 586 g/mol. The molecule has 0 saturated carbocycles. The maximum atomic E-state index is 6.72. The Morgan fingerprint density at radius 3 is 1.72 bits per heavy atom. The Balaban J connectivity index is 1.84. The summed E-state index contributed by atoms with van der Waals surface area (Å²) in [5.74, 6) is 1.06. The SMILES string of the molecule is C=CCOc1c(-c2ccccc2)cc(C)cc1[Si](CC)(CC)C1c2ccc(C(C)(C)C)cc2-c2cc(C(C)(C)C)ccc21. The van der Waals surface area contributed by atoms with Crippen LogP contribution in [0.4, 0.5) is 0 Å². The van der Waals surface area contributed by atoms with E-state index >= 15 is 0 Å². The zero-order valence-corrected chi connectivity index (χ0v) is 28.9. The van der Waals surface area contributed by atoms with E-state index < -0.39 is 8.07 Å². The zero-order chi connectivity index (χ0) is 31.2. The maximum Gasteiger partial charge on any atom is 0.126 e. The van der Waals surface area contributed by atoms with Crippen LogP contribution in [0.1, 0.15) is 88.7 Å². The van der Waals surface area contributed by atoms with E-state index in [0.717, 1.165) is 17.8 Å². The molecule has 0 bridgehead atoms. The van der Waals surface area contributed by atoms with Crippen LogP contribution in [-0.4, -0.2) is 14.7 Å². The van der Waals surface area contributed by atoms with E-state index in [9.17, 15) is 0 Å². The highest BCUT2D eigenvalue weighted by Crippen LogP contribution is 2.53. The Labute approximate surface area is 262 Å². The number of hydrogen-bond donors (Lipinski definition) is 0. The third kappa shape index (κ3) is 5.55. The number of hydrogen-bond acceptors (Lipinski definition) is 1. The van der Waals surface area contributed by atoms with Crippen LogP contribution in [0.25, 0.3) is 22.3 Å². The number of fused-ring (bicyclic) bond motifs is 3. The summed E-state index contributed by atoms with van der Waals surface area (Å²) in [4.78, 5) is 0. The third-order valence-corrected chi connectivity index (χ3v) is 15.5. The van der Waals surface area contributed by atoms with Crippen molar-refractivity contribution in [3.8, 4) is 28.0 Å². The second-order valence-electron chi connectivity index (χ2n) is 14.6. The van der Waals surface area contributed by atoms with Crippen LogP contribution in [0.2, 0.25) is 12.1 Å². The van der Waals surface area contributed by atoms with E-state index in [4.69, 9.17) is 4.74 Å². The molecule has 0 saturated heterocycles. The lowest BCUT2D eigenvalue weighted by Gasteiger charge is -2.39. The molecule has 0 radical (unpaired) electrons. The lowest BCUT2D eigenvalue weighted by molar-refractivity contribution is 0.367. The van der Waals surface area contributed by atoms with E-state index in [-0.39, 0.29) is 10.8 Å². The van der Waals surface area contributed by atoms with Crippen molar-refractivity contribution in [2.75, 3.05) is 6.61 Å². The first-order valence-corrected chi connectivity index (χ1v) is 18.6. The Hall–Kier alpha value is -3.36. The number of ether oxygens (including phenoxy) is 1. The van der Waals surface area contributed by atoms with Gasteiger partial charge in [-0.3, -0.25) is 0 Å². The van der Waals surface area contributed by atoms with Gasteiger partial charge in [0.2, 0.25) is 0 Å². The molecule has 224 valence electrons. The van der Waals surface area contributed by atoms with E-state index in [1.165, 1.54) is 55.3 Å². The van der Waals surface area contributed by atoms with Crippen LogP contribution in [0.3, 0.4) is 0 Å². The van der Waals surface area contributed by atoms with Gasteiger partial charge in [-0.1, -0.05) is 158 Å². The number of aryl methyl sites for hydroxylation is 1. The zero-order valence-electron chi connectivity index (χ0n) is 27.9. The highest BCUT2D eigenvalue weighted by atomic mass is 28.3. The molecule has 5 rings (SSSR count). The first-order chi connectivity index (χ1) is 20.4. The molecule has 4 aromatic rings. The Morgan fingerprint density at radius 1 is 0.721 bits per heavy atom. The van der Waals surface area contributed by atoms with Crippen molar-refractivity contribution in [1.82, 2.24) is 0 Å².